The normalized spacial score (nSPS) is 18.2. The average Bonchev–Trinajstić information content (AvgIpc) is 2.85. The van der Waals surface area contributed by atoms with Crippen LogP contribution >= 0.6 is 11.8 Å². The molecular formula is C15H20N2O3S. The van der Waals surface area contributed by atoms with Gasteiger partial charge in [0.1, 0.15) is 6.04 Å². The first-order valence-corrected chi connectivity index (χ1v) is 8.22. The molecule has 0 fully saturated rings. The summed E-state index contributed by atoms with van der Waals surface area (Å²) in [7, 11) is 1.73. The third kappa shape index (κ3) is 3.00. The van der Waals surface area contributed by atoms with E-state index in [1.807, 2.05) is 37.4 Å². The molecule has 1 aromatic carbocycles. The van der Waals surface area contributed by atoms with Gasteiger partial charge in [-0.05, 0) is 24.8 Å². The third-order valence-electron chi connectivity index (χ3n) is 3.84. The second-order valence-corrected chi connectivity index (χ2v) is 6.17. The second kappa shape index (κ2) is 6.39. The molecule has 0 aliphatic carbocycles. The second-order valence-electron chi connectivity index (χ2n) is 5.25. The minimum Gasteiger partial charge on any atom is -0.480 e. The first-order chi connectivity index (χ1) is 9.97. The summed E-state index contributed by atoms with van der Waals surface area (Å²) in [6.45, 7) is 1.96. The monoisotopic (exact) mass is 308 g/mol. The molecule has 1 aromatic rings. The molecule has 1 aliphatic rings. The van der Waals surface area contributed by atoms with Crippen LogP contribution in [-0.2, 0) is 11.2 Å². The summed E-state index contributed by atoms with van der Waals surface area (Å²) < 4.78 is 0. The van der Waals surface area contributed by atoms with Crippen LogP contribution in [0.4, 0.5) is 10.5 Å². The van der Waals surface area contributed by atoms with Gasteiger partial charge in [-0.15, -0.1) is 0 Å². The number of carbonyl (C=O) groups excluding carboxylic acids is 1. The van der Waals surface area contributed by atoms with Crippen molar-refractivity contribution < 1.29 is 14.7 Å². The smallest absolute Gasteiger partial charge is 0.327 e. The average molecular weight is 308 g/mol. The lowest BCUT2D eigenvalue weighted by molar-refractivity contribution is -0.138. The molecule has 0 saturated carbocycles. The number of anilines is 1. The highest BCUT2D eigenvalue weighted by molar-refractivity contribution is 7.98. The number of amides is 2. The first-order valence-electron chi connectivity index (χ1n) is 6.83. The van der Waals surface area contributed by atoms with Gasteiger partial charge in [0.15, 0.2) is 0 Å². The standard InChI is InChI=1S/C15H20N2O3S/c1-10(9-21-3)16(2)15(20)17-12-7-5-4-6-11(12)8-13(17)14(18)19/h4-7,10,13H,8-9H2,1-3H3,(H,18,19). The van der Waals surface area contributed by atoms with Crippen molar-refractivity contribution in [3.05, 3.63) is 29.8 Å². The molecule has 0 bridgehead atoms. The van der Waals surface area contributed by atoms with Crippen molar-refractivity contribution in [1.29, 1.82) is 0 Å². The summed E-state index contributed by atoms with van der Waals surface area (Å²) in [6.07, 6.45) is 2.35. The van der Waals surface area contributed by atoms with E-state index in [1.165, 1.54) is 4.90 Å². The van der Waals surface area contributed by atoms with Crippen LogP contribution in [0.25, 0.3) is 0 Å². The quantitative estimate of drug-likeness (QED) is 0.927. The molecule has 21 heavy (non-hydrogen) atoms. The largest absolute Gasteiger partial charge is 0.480 e. The van der Waals surface area contributed by atoms with E-state index in [-0.39, 0.29) is 12.1 Å². The Hall–Kier alpha value is -1.69. The fraction of sp³-hybridized carbons (Fsp3) is 0.467. The molecule has 2 amide bonds. The Balaban J connectivity index is 2.30. The zero-order chi connectivity index (χ0) is 15.6. The van der Waals surface area contributed by atoms with Gasteiger partial charge in [0, 0.05) is 31.0 Å². The van der Waals surface area contributed by atoms with E-state index in [9.17, 15) is 14.7 Å². The van der Waals surface area contributed by atoms with Crippen LogP contribution in [0.15, 0.2) is 24.3 Å². The molecule has 5 nitrogen and oxygen atoms in total. The van der Waals surface area contributed by atoms with Crippen molar-refractivity contribution in [2.75, 3.05) is 24.0 Å². The van der Waals surface area contributed by atoms with E-state index in [0.717, 1.165) is 11.3 Å². The number of hydrogen-bond acceptors (Lipinski definition) is 3. The fourth-order valence-electron chi connectivity index (χ4n) is 2.53. The van der Waals surface area contributed by atoms with Gasteiger partial charge >= 0.3 is 12.0 Å². The molecule has 2 rings (SSSR count). The maximum Gasteiger partial charge on any atom is 0.327 e. The van der Waals surface area contributed by atoms with Gasteiger partial charge in [0.25, 0.3) is 0 Å². The summed E-state index contributed by atoms with van der Waals surface area (Å²) in [5, 5.41) is 9.41. The molecule has 1 aliphatic heterocycles. The van der Waals surface area contributed by atoms with Crippen LogP contribution in [0.1, 0.15) is 12.5 Å². The molecule has 1 N–H and O–H groups in total. The van der Waals surface area contributed by atoms with Crippen LogP contribution in [0.3, 0.4) is 0 Å². The van der Waals surface area contributed by atoms with E-state index < -0.39 is 12.0 Å². The number of urea groups is 1. The number of nitrogens with zero attached hydrogens (tertiary/aromatic N) is 2. The zero-order valence-corrected chi connectivity index (χ0v) is 13.3. The van der Waals surface area contributed by atoms with Crippen molar-refractivity contribution in [2.24, 2.45) is 0 Å². The molecule has 2 atom stereocenters. The molecule has 0 radical (unpaired) electrons. The van der Waals surface area contributed by atoms with Crippen LogP contribution in [0.5, 0.6) is 0 Å². The lowest BCUT2D eigenvalue weighted by Crippen LogP contribution is -2.51. The van der Waals surface area contributed by atoms with E-state index >= 15 is 0 Å². The summed E-state index contributed by atoms with van der Waals surface area (Å²) in [6, 6.07) is 6.36. The molecular weight excluding hydrogens is 288 g/mol. The molecule has 0 aromatic heterocycles. The number of fused-ring (bicyclic) bond motifs is 1. The Kier molecular flexibility index (Phi) is 4.77. The summed E-state index contributed by atoms with van der Waals surface area (Å²) in [5.41, 5.74) is 1.61. The predicted octanol–water partition coefficient (Wildman–Crippen LogP) is 2.31. The highest BCUT2D eigenvalue weighted by Gasteiger charge is 2.40. The number of carbonyl (C=O) groups is 2. The number of carboxylic acids is 1. The highest BCUT2D eigenvalue weighted by atomic mass is 32.2. The van der Waals surface area contributed by atoms with Crippen LogP contribution < -0.4 is 4.90 Å². The van der Waals surface area contributed by atoms with Gasteiger partial charge in [0.05, 0.1) is 0 Å². The van der Waals surface area contributed by atoms with Gasteiger partial charge in [-0.1, -0.05) is 18.2 Å². The van der Waals surface area contributed by atoms with Crippen molar-refractivity contribution in [2.45, 2.75) is 25.4 Å². The molecule has 114 valence electrons. The minimum atomic E-state index is -0.967. The molecule has 6 heteroatoms. The molecule has 0 saturated heterocycles. The van der Waals surface area contributed by atoms with E-state index in [1.54, 1.807) is 23.7 Å². The van der Waals surface area contributed by atoms with Crippen LogP contribution in [0, 0.1) is 0 Å². The van der Waals surface area contributed by atoms with Gasteiger partial charge in [-0.3, -0.25) is 4.90 Å². The van der Waals surface area contributed by atoms with E-state index in [0.29, 0.717) is 12.1 Å². The van der Waals surface area contributed by atoms with Crippen molar-refractivity contribution in [3.63, 3.8) is 0 Å². The third-order valence-corrected chi connectivity index (χ3v) is 4.65. The molecule has 2 unspecified atom stereocenters. The molecule has 1 heterocycles. The van der Waals surface area contributed by atoms with E-state index in [2.05, 4.69) is 0 Å². The predicted molar refractivity (Wildman–Crippen MR) is 85.1 cm³/mol. The summed E-state index contributed by atoms with van der Waals surface area (Å²) in [5.74, 6) is -0.152. The number of para-hydroxylation sites is 1. The first kappa shape index (κ1) is 15.7. The Morgan fingerprint density at radius 3 is 2.76 bits per heavy atom. The van der Waals surface area contributed by atoms with Crippen LogP contribution in [-0.4, -0.2) is 53.1 Å². The Morgan fingerprint density at radius 2 is 2.14 bits per heavy atom. The number of hydrogen-bond donors (Lipinski definition) is 1. The number of rotatable bonds is 4. The fourth-order valence-corrected chi connectivity index (χ4v) is 3.24. The summed E-state index contributed by atoms with van der Waals surface area (Å²) in [4.78, 5) is 27.2. The van der Waals surface area contributed by atoms with Gasteiger partial charge in [-0.2, -0.15) is 11.8 Å². The number of carboxylic acid groups (broad SMARTS) is 1. The van der Waals surface area contributed by atoms with Crippen molar-refractivity contribution >= 4 is 29.4 Å². The van der Waals surface area contributed by atoms with E-state index in [4.69, 9.17) is 0 Å². The lowest BCUT2D eigenvalue weighted by atomic mass is 10.1. The minimum absolute atomic E-state index is 0.0507. The Labute approximate surface area is 128 Å². The molecule has 0 spiro atoms. The Morgan fingerprint density at radius 1 is 1.48 bits per heavy atom. The number of thioether (sulfide) groups is 1. The maximum atomic E-state index is 12.7. The van der Waals surface area contributed by atoms with Gasteiger partial charge < -0.3 is 10.0 Å². The zero-order valence-electron chi connectivity index (χ0n) is 12.4. The lowest BCUT2D eigenvalue weighted by Gasteiger charge is -2.31. The SMILES string of the molecule is CSCC(C)N(C)C(=O)N1c2ccccc2CC1C(=O)O. The Bertz CT molecular complexity index is 549. The highest BCUT2D eigenvalue weighted by Crippen LogP contribution is 2.33. The topological polar surface area (TPSA) is 60.9 Å². The van der Waals surface area contributed by atoms with Crippen molar-refractivity contribution in [3.8, 4) is 0 Å². The van der Waals surface area contributed by atoms with Crippen LogP contribution in [0.2, 0.25) is 0 Å². The maximum absolute atomic E-state index is 12.7. The van der Waals surface area contributed by atoms with Crippen molar-refractivity contribution in [1.82, 2.24) is 4.90 Å². The van der Waals surface area contributed by atoms with Gasteiger partial charge in [0.2, 0.25) is 0 Å². The summed E-state index contributed by atoms with van der Waals surface area (Å²) >= 11 is 1.66. The number of benzene rings is 1. The van der Waals surface area contributed by atoms with Gasteiger partial charge in [-0.25, -0.2) is 9.59 Å². The number of aliphatic carboxylic acids is 1.